The number of fused-ring (bicyclic) bond motifs is 2. The number of carbonyl (C=O) groups is 2. The van der Waals surface area contributed by atoms with Gasteiger partial charge in [-0.15, -0.1) is 0 Å². The molecular formula is C19H23N3O2S. The zero-order valence-corrected chi connectivity index (χ0v) is 15.1. The Morgan fingerprint density at radius 1 is 1.08 bits per heavy atom. The molecule has 25 heavy (non-hydrogen) atoms. The number of hydrogen-bond donors (Lipinski definition) is 1. The maximum atomic E-state index is 12.3. The number of amides is 2. The number of benzene rings is 1. The van der Waals surface area contributed by atoms with Gasteiger partial charge in [0.2, 0.25) is 0 Å². The van der Waals surface area contributed by atoms with Gasteiger partial charge in [0.05, 0.1) is 23.2 Å². The highest BCUT2D eigenvalue weighted by Crippen LogP contribution is 2.27. The van der Waals surface area contributed by atoms with Gasteiger partial charge in [0.15, 0.2) is 5.17 Å². The minimum absolute atomic E-state index is 0.154. The lowest BCUT2D eigenvalue weighted by Gasteiger charge is -2.23. The number of rotatable bonds is 5. The molecule has 3 aliphatic rings. The first-order chi connectivity index (χ1) is 12.2. The van der Waals surface area contributed by atoms with Crippen LogP contribution in [0, 0.1) is 0 Å². The molecule has 1 N–H and O–H groups in total. The zero-order chi connectivity index (χ0) is 17.2. The van der Waals surface area contributed by atoms with Crippen molar-refractivity contribution in [1.29, 1.82) is 0 Å². The van der Waals surface area contributed by atoms with Crippen molar-refractivity contribution in [2.24, 2.45) is 4.99 Å². The summed E-state index contributed by atoms with van der Waals surface area (Å²) < 4.78 is 0. The maximum Gasteiger partial charge on any atom is 0.261 e. The van der Waals surface area contributed by atoms with Crippen LogP contribution in [0.15, 0.2) is 29.3 Å². The fourth-order valence-corrected chi connectivity index (χ4v) is 4.83. The van der Waals surface area contributed by atoms with Gasteiger partial charge in [-0.25, -0.2) is 0 Å². The average molecular weight is 357 g/mol. The predicted molar refractivity (Wildman–Crippen MR) is 100 cm³/mol. The summed E-state index contributed by atoms with van der Waals surface area (Å²) in [4.78, 5) is 30.8. The summed E-state index contributed by atoms with van der Waals surface area (Å²) in [5.41, 5.74) is 1.07. The predicted octanol–water partition coefficient (Wildman–Crippen LogP) is 3.07. The summed E-state index contributed by atoms with van der Waals surface area (Å²) in [6.45, 7) is 0.498. The number of imide groups is 1. The van der Waals surface area contributed by atoms with E-state index >= 15 is 0 Å². The summed E-state index contributed by atoms with van der Waals surface area (Å²) in [5, 5.41) is 4.63. The molecule has 4 rings (SSSR count). The average Bonchev–Trinajstić information content (AvgIpc) is 3.15. The highest BCUT2D eigenvalue weighted by molar-refractivity contribution is 8.13. The molecule has 1 aliphatic carbocycles. The van der Waals surface area contributed by atoms with Crippen molar-refractivity contribution in [3.05, 3.63) is 35.4 Å². The lowest BCUT2D eigenvalue weighted by atomic mass is 9.92. The van der Waals surface area contributed by atoms with Crippen molar-refractivity contribution in [3.8, 4) is 0 Å². The molecule has 2 amide bonds. The van der Waals surface area contributed by atoms with Gasteiger partial charge in [0.1, 0.15) is 0 Å². The van der Waals surface area contributed by atoms with Gasteiger partial charge < -0.3 is 5.32 Å². The largest absolute Gasteiger partial charge is 0.360 e. The number of amidine groups is 1. The Balaban J connectivity index is 1.21. The van der Waals surface area contributed by atoms with Gasteiger partial charge in [0, 0.05) is 12.3 Å². The van der Waals surface area contributed by atoms with Crippen LogP contribution in [-0.2, 0) is 0 Å². The second-order valence-corrected chi connectivity index (χ2v) is 7.98. The number of thioether (sulfide) groups is 1. The number of hydrogen-bond acceptors (Lipinski definition) is 5. The van der Waals surface area contributed by atoms with Crippen molar-refractivity contribution in [2.75, 3.05) is 12.3 Å². The van der Waals surface area contributed by atoms with Crippen molar-refractivity contribution in [3.63, 3.8) is 0 Å². The molecule has 5 nitrogen and oxygen atoms in total. The molecule has 1 aromatic carbocycles. The van der Waals surface area contributed by atoms with E-state index in [0.29, 0.717) is 29.8 Å². The molecule has 2 heterocycles. The Kier molecular flexibility index (Phi) is 4.79. The lowest BCUT2D eigenvalue weighted by Crippen LogP contribution is -2.36. The molecule has 0 bridgehead atoms. The fraction of sp³-hybridized carbons (Fsp3) is 0.526. The molecule has 6 heteroatoms. The van der Waals surface area contributed by atoms with E-state index < -0.39 is 0 Å². The summed E-state index contributed by atoms with van der Waals surface area (Å²) in [5.74, 6) is 0.660. The second-order valence-electron chi connectivity index (χ2n) is 6.90. The van der Waals surface area contributed by atoms with Crippen LogP contribution in [0.5, 0.6) is 0 Å². The minimum Gasteiger partial charge on any atom is -0.360 e. The quantitative estimate of drug-likeness (QED) is 0.650. The number of nitrogens with zero attached hydrogens (tertiary/aromatic N) is 2. The van der Waals surface area contributed by atoms with Crippen LogP contribution in [0.2, 0.25) is 0 Å². The molecular weight excluding hydrogens is 334 g/mol. The highest BCUT2D eigenvalue weighted by Gasteiger charge is 2.34. The number of aliphatic imine (C=N–C) groups is 1. The normalized spacial score (nSPS) is 24.8. The van der Waals surface area contributed by atoms with Crippen LogP contribution in [0.25, 0.3) is 0 Å². The van der Waals surface area contributed by atoms with E-state index in [1.165, 1.54) is 30.6 Å². The van der Waals surface area contributed by atoms with E-state index in [1.807, 2.05) is 0 Å². The molecule has 1 aromatic rings. The molecule has 132 valence electrons. The Bertz CT molecular complexity index is 683. The topological polar surface area (TPSA) is 61.8 Å². The third-order valence-corrected chi connectivity index (χ3v) is 6.20. The van der Waals surface area contributed by atoms with Gasteiger partial charge in [-0.2, -0.15) is 0 Å². The summed E-state index contributed by atoms with van der Waals surface area (Å²) in [6.07, 6.45) is 6.85. The molecule has 1 fully saturated rings. The van der Waals surface area contributed by atoms with Crippen molar-refractivity contribution in [2.45, 2.75) is 50.6 Å². The molecule has 0 spiro atoms. The van der Waals surface area contributed by atoms with Gasteiger partial charge in [-0.05, 0) is 37.8 Å². The van der Waals surface area contributed by atoms with Crippen LogP contribution >= 0.6 is 11.8 Å². The number of carbonyl (C=O) groups excluding carboxylic acids is 2. The Hall–Kier alpha value is -1.82. The Morgan fingerprint density at radius 2 is 1.80 bits per heavy atom. The van der Waals surface area contributed by atoms with E-state index in [4.69, 9.17) is 4.99 Å². The molecule has 1 saturated carbocycles. The van der Waals surface area contributed by atoms with Gasteiger partial charge in [0.25, 0.3) is 11.8 Å². The van der Waals surface area contributed by atoms with E-state index in [1.54, 1.807) is 36.0 Å². The molecule has 2 atom stereocenters. The van der Waals surface area contributed by atoms with Gasteiger partial charge in [-0.1, -0.05) is 36.7 Å². The first kappa shape index (κ1) is 16.6. The fourth-order valence-electron chi connectivity index (χ4n) is 3.84. The summed E-state index contributed by atoms with van der Waals surface area (Å²) in [7, 11) is 0. The Labute approximate surface area is 152 Å². The maximum absolute atomic E-state index is 12.3. The molecule has 0 aromatic heterocycles. The van der Waals surface area contributed by atoms with Crippen molar-refractivity contribution < 1.29 is 9.59 Å². The minimum atomic E-state index is -0.154. The second kappa shape index (κ2) is 7.20. The van der Waals surface area contributed by atoms with E-state index in [0.717, 1.165) is 23.8 Å². The van der Waals surface area contributed by atoms with Crippen LogP contribution in [0.4, 0.5) is 0 Å². The lowest BCUT2D eigenvalue weighted by molar-refractivity contribution is 0.0652. The first-order valence-electron chi connectivity index (χ1n) is 9.16. The monoisotopic (exact) mass is 357 g/mol. The van der Waals surface area contributed by atoms with E-state index in [2.05, 4.69) is 5.32 Å². The van der Waals surface area contributed by atoms with Gasteiger partial charge >= 0.3 is 0 Å². The Morgan fingerprint density at radius 3 is 2.52 bits per heavy atom. The smallest absolute Gasteiger partial charge is 0.261 e. The number of nitrogens with one attached hydrogen (secondary N) is 1. The third-order valence-electron chi connectivity index (χ3n) is 5.21. The standard InChI is InChI=1S/C19H23N3O2S/c23-17-13-7-1-2-8-14(13)18(24)22(17)11-5-6-12-25-19-20-15-9-3-4-10-16(15)21-19/h1-2,7-8,15-16H,3-6,9-12H2,(H,20,21)/t15-,16+. The molecule has 2 aliphatic heterocycles. The van der Waals surface area contributed by atoms with Crippen LogP contribution in [-0.4, -0.2) is 46.3 Å². The highest BCUT2D eigenvalue weighted by atomic mass is 32.2. The van der Waals surface area contributed by atoms with Gasteiger partial charge in [-0.3, -0.25) is 19.5 Å². The van der Waals surface area contributed by atoms with Crippen LogP contribution in [0.1, 0.15) is 59.2 Å². The van der Waals surface area contributed by atoms with E-state index in [9.17, 15) is 9.59 Å². The zero-order valence-electron chi connectivity index (χ0n) is 14.2. The summed E-state index contributed by atoms with van der Waals surface area (Å²) in [6, 6.07) is 8.10. The third kappa shape index (κ3) is 3.32. The first-order valence-corrected chi connectivity index (χ1v) is 10.1. The number of unbranched alkanes of at least 4 members (excludes halogenated alkanes) is 1. The van der Waals surface area contributed by atoms with Crippen molar-refractivity contribution >= 4 is 28.7 Å². The summed E-state index contributed by atoms with van der Waals surface area (Å²) >= 11 is 1.77. The van der Waals surface area contributed by atoms with Crippen LogP contribution < -0.4 is 5.32 Å². The SMILES string of the molecule is O=C1c2ccccc2C(=O)N1CCCCSC1=N[C@@H]2CCCC[C@@H]2N1. The van der Waals surface area contributed by atoms with Crippen LogP contribution in [0.3, 0.4) is 0 Å². The molecule has 0 unspecified atom stereocenters. The molecule has 0 radical (unpaired) electrons. The van der Waals surface area contributed by atoms with E-state index in [-0.39, 0.29) is 11.8 Å². The van der Waals surface area contributed by atoms with Crippen molar-refractivity contribution in [1.82, 2.24) is 10.2 Å². The molecule has 0 saturated heterocycles.